The highest BCUT2D eigenvalue weighted by atomic mass is 14.9. The molecule has 1 N–H and O–H groups in total. The third kappa shape index (κ3) is 2.25. The summed E-state index contributed by atoms with van der Waals surface area (Å²) in [6.07, 6.45) is 8.89. The van der Waals surface area contributed by atoms with Crippen LogP contribution in [0.4, 0.5) is 0 Å². The van der Waals surface area contributed by atoms with E-state index in [1.807, 2.05) is 0 Å². The van der Waals surface area contributed by atoms with Crippen molar-refractivity contribution in [2.45, 2.75) is 45.4 Å². The lowest BCUT2D eigenvalue weighted by Gasteiger charge is -2.32. The molecule has 0 aromatic rings. The van der Waals surface area contributed by atoms with Crippen LogP contribution < -0.4 is 5.32 Å². The minimum atomic E-state index is 1.00. The van der Waals surface area contributed by atoms with E-state index in [1.165, 1.54) is 51.6 Å². The Bertz CT molecular complexity index is 143. The van der Waals surface area contributed by atoms with Crippen molar-refractivity contribution in [3.63, 3.8) is 0 Å². The summed E-state index contributed by atoms with van der Waals surface area (Å²) < 4.78 is 0. The second kappa shape index (κ2) is 4.45. The van der Waals surface area contributed by atoms with E-state index in [1.54, 1.807) is 0 Å². The lowest BCUT2D eigenvalue weighted by atomic mass is 9.77. The van der Waals surface area contributed by atoms with Crippen LogP contribution in [0.5, 0.6) is 0 Å². The van der Waals surface area contributed by atoms with Crippen LogP contribution in [0.2, 0.25) is 0 Å². The van der Waals surface area contributed by atoms with E-state index in [-0.39, 0.29) is 0 Å². The molecule has 76 valence electrons. The normalized spacial score (nSPS) is 29.3. The maximum absolute atomic E-state index is 3.46. The molecule has 1 saturated carbocycles. The highest BCUT2D eigenvalue weighted by Crippen LogP contribution is 2.37. The standard InChI is InChI=1S/C12H23N/c1-10(11-4-2-3-5-11)12-6-8-13-9-7-12/h10-13H,2-9H2,1H3. The Kier molecular flexibility index (Phi) is 3.26. The minimum absolute atomic E-state index is 1.00. The molecule has 1 aliphatic carbocycles. The van der Waals surface area contributed by atoms with Crippen molar-refractivity contribution in [3.8, 4) is 0 Å². The molecule has 1 nitrogen and oxygen atoms in total. The summed E-state index contributed by atoms with van der Waals surface area (Å²) in [6.45, 7) is 5.04. The van der Waals surface area contributed by atoms with E-state index in [0.717, 1.165) is 17.8 Å². The Morgan fingerprint density at radius 2 is 1.46 bits per heavy atom. The van der Waals surface area contributed by atoms with Gasteiger partial charge in [0.25, 0.3) is 0 Å². The maximum Gasteiger partial charge on any atom is -0.00462 e. The second-order valence-corrected chi connectivity index (χ2v) is 4.99. The van der Waals surface area contributed by atoms with Gasteiger partial charge in [-0.05, 0) is 43.7 Å². The monoisotopic (exact) mass is 181 g/mol. The quantitative estimate of drug-likeness (QED) is 0.690. The van der Waals surface area contributed by atoms with E-state index >= 15 is 0 Å². The Balaban J connectivity index is 1.83. The van der Waals surface area contributed by atoms with Gasteiger partial charge in [-0.3, -0.25) is 0 Å². The second-order valence-electron chi connectivity index (χ2n) is 4.99. The summed E-state index contributed by atoms with van der Waals surface area (Å²) in [5.74, 6) is 3.11. The van der Waals surface area contributed by atoms with E-state index in [2.05, 4.69) is 12.2 Å². The maximum atomic E-state index is 3.46. The predicted octanol–water partition coefficient (Wildman–Crippen LogP) is 2.81. The highest BCUT2D eigenvalue weighted by molar-refractivity contribution is 4.80. The first-order valence-corrected chi connectivity index (χ1v) is 6.08. The fourth-order valence-electron chi connectivity index (χ4n) is 3.24. The summed E-state index contributed by atoms with van der Waals surface area (Å²) in [5.41, 5.74) is 0. The molecule has 0 spiro atoms. The molecule has 2 rings (SSSR count). The van der Waals surface area contributed by atoms with Gasteiger partial charge in [0.15, 0.2) is 0 Å². The molecule has 1 heteroatoms. The van der Waals surface area contributed by atoms with Crippen LogP contribution in [-0.2, 0) is 0 Å². The lowest BCUT2D eigenvalue weighted by molar-refractivity contribution is 0.204. The number of hydrogen-bond acceptors (Lipinski definition) is 1. The fourth-order valence-corrected chi connectivity index (χ4v) is 3.24. The molecule has 1 aliphatic heterocycles. The molecule has 0 bridgehead atoms. The van der Waals surface area contributed by atoms with Gasteiger partial charge in [-0.15, -0.1) is 0 Å². The average Bonchev–Trinajstić information content (AvgIpc) is 2.71. The fraction of sp³-hybridized carbons (Fsp3) is 1.00. The zero-order chi connectivity index (χ0) is 9.10. The van der Waals surface area contributed by atoms with Crippen LogP contribution in [0.15, 0.2) is 0 Å². The van der Waals surface area contributed by atoms with Crippen molar-refractivity contribution in [3.05, 3.63) is 0 Å². The van der Waals surface area contributed by atoms with Gasteiger partial charge >= 0.3 is 0 Å². The molecule has 0 aromatic heterocycles. The van der Waals surface area contributed by atoms with Crippen molar-refractivity contribution < 1.29 is 0 Å². The smallest absolute Gasteiger partial charge is 0.00462 e. The molecular weight excluding hydrogens is 158 g/mol. The van der Waals surface area contributed by atoms with Crippen LogP contribution in [0.3, 0.4) is 0 Å². The molecule has 1 saturated heterocycles. The summed E-state index contributed by atoms with van der Waals surface area (Å²) in [6, 6.07) is 0. The van der Waals surface area contributed by atoms with Gasteiger partial charge in [-0.25, -0.2) is 0 Å². The Hall–Kier alpha value is -0.0400. The van der Waals surface area contributed by atoms with Crippen molar-refractivity contribution >= 4 is 0 Å². The van der Waals surface area contributed by atoms with Gasteiger partial charge in [0.05, 0.1) is 0 Å². The SMILES string of the molecule is CC(C1CCCC1)C1CCNCC1. The zero-order valence-electron chi connectivity index (χ0n) is 8.89. The van der Waals surface area contributed by atoms with E-state index in [0.29, 0.717) is 0 Å². The van der Waals surface area contributed by atoms with E-state index in [9.17, 15) is 0 Å². The van der Waals surface area contributed by atoms with Crippen molar-refractivity contribution in [2.75, 3.05) is 13.1 Å². The Morgan fingerprint density at radius 1 is 0.923 bits per heavy atom. The zero-order valence-corrected chi connectivity index (χ0v) is 8.89. The lowest BCUT2D eigenvalue weighted by Crippen LogP contribution is -2.32. The Morgan fingerprint density at radius 3 is 2.08 bits per heavy atom. The van der Waals surface area contributed by atoms with Crippen molar-refractivity contribution in [1.82, 2.24) is 5.32 Å². The molecule has 1 atom stereocenters. The minimum Gasteiger partial charge on any atom is -0.317 e. The molecule has 0 aromatic carbocycles. The molecule has 1 unspecified atom stereocenters. The molecule has 1 heterocycles. The van der Waals surface area contributed by atoms with Crippen molar-refractivity contribution in [1.29, 1.82) is 0 Å². The topological polar surface area (TPSA) is 12.0 Å². The van der Waals surface area contributed by atoms with E-state index < -0.39 is 0 Å². The number of nitrogens with one attached hydrogen (secondary N) is 1. The molecular formula is C12H23N. The van der Waals surface area contributed by atoms with Crippen molar-refractivity contribution in [2.24, 2.45) is 17.8 Å². The average molecular weight is 181 g/mol. The first kappa shape index (κ1) is 9.51. The van der Waals surface area contributed by atoms with Crippen LogP contribution in [0.25, 0.3) is 0 Å². The van der Waals surface area contributed by atoms with Gasteiger partial charge in [-0.1, -0.05) is 32.6 Å². The molecule has 0 radical (unpaired) electrons. The molecule has 2 fully saturated rings. The predicted molar refractivity (Wildman–Crippen MR) is 56.7 cm³/mol. The van der Waals surface area contributed by atoms with E-state index in [4.69, 9.17) is 0 Å². The molecule has 0 amide bonds. The third-order valence-electron chi connectivity index (χ3n) is 4.27. The molecule has 2 aliphatic rings. The van der Waals surface area contributed by atoms with Crippen LogP contribution in [0, 0.1) is 17.8 Å². The molecule has 13 heavy (non-hydrogen) atoms. The van der Waals surface area contributed by atoms with Crippen LogP contribution in [-0.4, -0.2) is 13.1 Å². The first-order valence-electron chi connectivity index (χ1n) is 6.08. The van der Waals surface area contributed by atoms with Gasteiger partial charge in [0.1, 0.15) is 0 Å². The number of piperidine rings is 1. The van der Waals surface area contributed by atoms with Crippen LogP contribution in [0.1, 0.15) is 45.4 Å². The number of rotatable bonds is 2. The van der Waals surface area contributed by atoms with Gasteiger partial charge in [-0.2, -0.15) is 0 Å². The summed E-state index contributed by atoms with van der Waals surface area (Å²) in [4.78, 5) is 0. The highest BCUT2D eigenvalue weighted by Gasteiger charge is 2.28. The third-order valence-corrected chi connectivity index (χ3v) is 4.27. The largest absolute Gasteiger partial charge is 0.317 e. The number of hydrogen-bond donors (Lipinski definition) is 1. The van der Waals surface area contributed by atoms with Gasteiger partial charge in [0.2, 0.25) is 0 Å². The van der Waals surface area contributed by atoms with Gasteiger partial charge < -0.3 is 5.32 Å². The van der Waals surface area contributed by atoms with Gasteiger partial charge in [0, 0.05) is 0 Å². The summed E-state index contributed by atoms with van der Waals surface area (Å²) in [7, 11) is 0. The first-order chi connectivity index (χ1) is 6.38. The van der Waals surface area contributed by atoms with Crippen LogP contribution >= 0.6 is 0 Å². The Labute approximate surface area is 82.3 Å². The summed E-state index contributed by atoms with van der Waals surface area (Å²) >= 11 is 0. The summed E-state index contributed by atoms with van der Waals surface area (Å²) in [5, 5.41) is 3.46.